The molecule has 0 spiro atoms. The summed E-state index contributed by atoms with van der Waals surface area (Å²) in [6.45, 7) is 3.93. The average Bonchev–Trinajstić information content (AvgIpc) is 3.22. The van der Waals surface area contributed by atoms with Gasteiger partial charge in [-0.05, 0) is 59.9 Å². The summed E-state index contributed by atoms with van der Waals surface area (Å²) in [7, 11) is 0. The van der Waals surface area contributed by atoms with Crippen LogP contribution in [0.15, 0.2) is 60.7 Å². The smallest absolute Gasteiger partial charge is 0.324 e. The maximum absolute atomic E-state index is 12.8. The molecule has 0 radical (unpaired) electrons. The third-order valence-electron chi connectivity index (χ3n) is 5.58. The molecule has 0 aliphatic heterocycles. The molecule has 4 aromatic rings. The van der Waals surface area contributed by atoms with E-state index >= 15 is 0 Å². The molecule has 170 valence electrons. The Labute approximate surface area is 198 Å². The van der Waals surface area contributed by atoms with Crippen molar-refractivity contribution >= 4 is 39.9 Å². The molecule has 6 nitrogen and oxygen atoms in total. The van der Waals surface area contributed by atoms with E-state index in [1.54, 1.807) is 10.7 Å². The van der Waals surface area contributed by atoms with Crippen LogP contribution in [0.4, 0.5) is 16.3 Å². The van der Waals surface area contributed by atoms with Crippen molar-refractivity contribution < 1.29 is 9.90 Å². The number of anilines is 2. The number of hydrogen-bond acceptors (Lipinski definition) is 3. The number of carbonyl (C=O) groups is 1. The summed E-state index contributed by atoms with van der Waals surface area (Å²) in [4.78, 5) is 12.8. The van der Waals surface area contributed by atoms with Crippen LogP contribution >= 0.6 is 11.6 Å². The zero-order valence-electron chi connectivity index (χ0n) is 18.7. The van der Waals surface area contributed by atoms with Crippen molar-refractivity contribution in [2.45, 2.75) is 39.7 Å². The zero-order valence-corrected chi connectivity index (χ0v) is 19.5. The highest BCUT2D eigenvalue weighted by Crippen LogP contribution is 2.28. The Morgan fingerprint density at radius 3 is 2.70 bits per heavy atom. The number of rotatable bonds is 7. The van der Waals surface area contributed by atoms with Crippen molar-refractivity contribution in [2.24, 2.45) is 0 Å². The number of aliphatic hydroxyl groups is 1. The van der Waals surface area contributed by atoms with Gasteiger partial charge >= 0.3 is 6.03 Å². The van der Waals surface area contributed by atoms with Gasteiger partial charge in [-0.25, -0.2) is 9.48 Å². The molecule has 33 heavy (non-hydrogen) atoms. The van der Waals surface area contributed by atoms with Gasteiger partial charge in [0.2, 0.25) is 0 Å². The third-order valence-corrected chi connectivity index (χ3v) is 6.08. The van der Waals surface area contributed by atoms with Crippen molar-refractivity contribution in [2.75, 3.05) is 10.6 Å². The Bertz CT molecular complexity index is 1300. The Hall–Kier alpha value is -3.35. The first-order valence-corrected chi connectivity index (χ1v) is 11.4. The van der Waals surface area contributed by atoms with E-state index in [0.29, 0.717) is 16.5 Å². The lowest BCUT2D eigenvalue weighted by Crippen LogP contribution is -2.21. The van der Waals surface area contributed by atoms with Crippen molar-refractivity contribution in [1.29, 1.82) is 0 Å². The second kappa shape index (κ2) is 10.1. The fourth-order valence-corrected chi connectivity index (χ4v) is 4.01. The Morgan fingerprint density at radius 1 is 1.09 bits per heavy atom. The van der Waals surface area contributed by atoms with E-state index < -0.39 is 6.03 Å². The minimum absolute atomic E-state index is 0.0899. The second-order valence-electron chi connectivity index (χ2n) is 8.04. The quantitative estimate of drug-likeness (QED) is 0.294. The van der Waals surface area contributed by atoms with Crippen molar-refractivity contribution in [3.05, 3.63) is 82.5 Å². The van der Waals surface area contributed by atoms with Crippen molar-refractivity contribution in [3.8, 4) is 5.69 Å². The first kappa shape index (κ1) is 22.8. The average molecular weight is 463 g/mol. The van der Waals surface area contributed by atoms with Crippen LogP contribution in [-0.4, -0.2) is 20.9 Å². The van der Waals surface area contributed by atoms with E-state index in [9.17, 15) is 9.90 Å². The number of aryl methyl sites for hydroxylation is 2. The van der Waals surface area contributed by atoms with Gasteiger partial charge in [0.1, 0.15) is 5.82 Å². The molecule has 0 aliphatic carbocycles. The molecule has 0 saturated carbocycles. The number of amides is 2. The van der Waals surface area contributed by atoms with Crippen LogP contribution in [0, 0.1) is 6.92 Å². The summed E-state index contributed by atoms with van der Waals surface area (Å²) in [6.07, 6.45) is 2.86. The summed E-state index contributed by atoms with van der Waals surface area (Å²) >= 11 is 6.33. The van der Waals surface area contributed by atoms with E-state index in [0.717, 1.165) is 52.5 Å². The predicted molar refractivity (Wildman–Crippen MR) is 134 cm³/mol. The summed E-state index contributed by atoms with van der Waals surface area (Å²) in [5.74, 6) is 0.543. The van der Waals surface area contributed by atoms with E-state index in [2.05, 4.69) is 17.6 Å². The maximum Gasteiger partial charge on any atom is 0.324 e. The molecule has 0 fully saturated rings. The number of nitrogens with zero attached hydrogens (tertiary/aromatic N) is 2. The minimum Gasteiger partial charge on any atom is -0.392 e. The van der Waals surface area contributed by atoms with Crippen LogP contribution in [0.3, 0.4) is 0 Å². The number of nitrogens with one attached hydrogen (secondary N) is 2. The number of unbranched alkanes of at least 4 members (excludes halogenated alkanes) is 1. The standard InChI is InChI=1S/C26H27ClN4O2/c1-3-4-10-20-15-24(29-26(33)28-23-12-7-8-17(2)25(23)27)31(30-20)21-13-18-9-5-6-11-22(18)19(14-21)16-32/h5-9,11-15,32H,3-4,10,16H2,1-2H3,(H2,28,29,33). The Kier molecular flexibility index (Phi) is 6.96. The number of aliphatic hydroxyl groups excluding tert-OH is 1. The minimum atomic E-state index is -0.408. The number of fused-ring (bicyclic) bond motifs is 1. The van der Waals surface area contributed by atoms with Crippen molar-refractivity contribution in [3.63, 3.8) is 0 Å². The fourth-order valence-electron chi connectivity index (χ4n) is 3.84. The lowest BCUT2D eigenvalue weighted by molar-refractivity contribution is 0.262. The molecule has 3 N–H and O–H groups in total. The Balaban J connectivity index is 1.70. The lowest BCUT2D eigenvalue weighted by atomic mass is 10.0. The molecule has 1 aromatic heterocycles. The monoisotopic (exact) mass is 462 g/mol. The zero-order chi connectivity index (χ0) is 23.4. The van der Waals surface area contributed by atoms with Crippen LogP contribution in [-0.2, 0) is 13.0 Å². The highest BCUT2D eigenvalue weighted by Gasteiger charge is 2.15. The van der Waals surface area contributed by atoms with Crippen LogP contribution in [0.25, 0.3) is 16.5 Å². The van der Waals surface area contributed by atoms with Crippen LogP contribution in [0.1, 0.15) is 36.6 Å². The van der Waals surface area contributed by atoms with Gasteiger partial charge in [0, 0.05) is 6.07 Å². The molecule has 0 saturated heterocycles. The highest BCUT2D eigenvalue weighted by atomic mass is 35.5. The molecule has 0 unspecified atom stereocenters. The summed E-state index contributed by atoms with van der Waals surface area (Å²) in [6, 6.07) is 18.8. The summed E-state index contributed by atoms with van der Waals surface area (Å²) < 4.78 is 1.72. The molecule has 1 heterocycles. The first-order chi connectivity index (χ1) is 16.0. The predicted octanol–water partition coefficient (Wildman–Crippen LogP) is 6.47. The van der Waals surface area contributed by atoms with Gasteiger partial charge in [-0.2, -0.15) is 5.10 Å². The molecular weight excluding hydrogens is 436 g/mol. The van der Waals surface area contributed by atoms with Gasteiger partial charge < -0.3 is 10.4 Å². The van der Waals surface area contributed by atoms with E-state index in [1.807, 2.05) is 61.5 Å². The van der Waals surface area contributed by atoms with E-state index in [-0.39, 0.29) is 6.61 Å². The number of aromatic nitrogens is 2. The number of urea groups is 1. The van der Waals surface area contributed by atoms with Crippen LogP contribution in [0.2, 0.25) is 5.02 Å². The summed E-state index contributed by atoms with van der Waals surface area (Å²) in [5.41, 5.74) is 3.88. The van der Waals surface area contributed by atoms with E-state index in [4.69, 9.17) is 16.7 Å². The Morgan fingerprint density at radius 2 is 1.91 bits per heavy atom. The van der Waals surface area contributed by atoms with Gasteiger partial charge in [-0.15, -0.1) is 0 Å². The van der Waals surface area contributed by atoms with Crippen LogP contribution in [0.5, 0.6) is 0 Å². The molecule has 7 heteroatoms. The SMILES string of the molecule is CCCCc1cc(NC(=O)Nc2cccc(C)c2Cl)n(-c2cc(CO)c3ccccc3c2)n1. The second-order valence-corrected chi connectivity index (χ2v) is 8.41. The molecular formula is C26H27ClN4O2. The van der Waals surface area contributed by atoms with Gasteiger partial charge in [-0.1, -0.05) is 61.3 Å². The lowest BCUT2D eigenvalue weighted by Gasteiger charge is -2.13. The number of hydrogen-bond donors (Lipinski definition) is 3. The first-order valence-electron chi connectivity index (χ1n) is 11.0. The largest absolute Gasteiger partial charge is 0.392 e. The number of halogens is 1. The molecule has 0 atom stereocenters. The normalized spacial score (nSPS) is 11.0. The number of benzene rings is 3. The molecule has 0 bridgehead atoms. The van der Waals surface area contributed by atoms with Gasteiger partial charge in [0.15, 0.2) is 0 Å². The van der Waals surface area contributed by atoms with Gasteiger partial charge in [-0.3, -0.25) is 5.32 Å². The topological polar surface area (TPSA) is 79.2 Å². The summed E-state index contributed by atoms with van der Waals surface area (Å²) in [5, 5.41) is 22.9. The fraction of sp³-hybridized carbons (Fsp3) is 0.231. The molecule has 3 aromatic carbocycles. The molecule has 2 amide bonds. The van der Waals surface area contributed by atoms with Gasteiger partial charge in [0.25, 0.3) is 0 Å². The van der Waals surface area contributed by atoms with Crippen LogP contribution < -0.4 is 10.6 Å². The third kappa shape index (κ3) is 5.02. The molecule has 0 aliphatic rings. The van der Waals surface area contributed by atoms with E-state index in [1.165, 1.54) is 0 Å². The highest BCUT2D eigenvalue weighted by molar-refractivity contribution is 6.34. The number of carbonyl (C=O) groups excluding carboxylic acids is 1. The maximum atomic E-state index is 12.8. The molecule has 4 rings (SSSR count). The van der Waals surface area contributed by atoms with Crippen molar-refractivity contribution in [1.82, 2.24) is 9.78 Å². The van der Waals surface area contributed by atoms with Gasteiger partial charge in [0.05, 0.1) is 28.7 Å².